The van der Waals surface area contributed by atoms with Gasteiger partial charge in [-0.1, -0.05) is 24.3 Å². The Bertz CT molecular complexity index is 1660. The fourth-order valence-corrected chi connectivity index (χ4v) is 5.12. The Labute approximate surface area is 226 Å². The number of fused-ring (bicyclic) bond motifs is 2. The second-order valence-corrected chi connectivity index (χ2v) is 11.6. The SMILES string of the molecule is C=Cc1cnc(Nc2cc3c(cc2Cl)CCN(C)C3)nc1Nc1ccc2nccnc2c1N(C)S(C)(=O)=O. The highest BCUT2D eigenvalue weighted by atomic mass is 35.5. The zero-order valence-electron chi connectivity index (χ0n) is 21.2. The molecule has 4 aromatic rings. The van der Waals surface area contributed by atoms with E-state index in [-0.39, 0.29) is 0 Å². The van der Waals surface area contributed by atoms with Crippen molar-refractivity contribution < 1.29 is 8.42 Å². The fourth-order valence-electron chi connectivity index (χ4n) is 4.37. The molecule has 0 spiro atoms. The van der Waals surface area contributed by atoms with Crippen molar-refractivity contribution in [2.75, 3.05) is 41.8 Å². The number of sulfonamides is 1. The normalized spacial score (nSPS) is 13.7. The third kappa shape index (κ3) is 5.13. The van der Waals surface area contributed by atoms with E-state index >= 15 is 0 Å². The molecule has 0 aliphatic carbocycles. The van der Waals surface area contributed by atoms with Crippen molar-refractivity contribution in [3.8, 4) is 0 Å². The molecule has 0 saturated carbocycles. The van der Waals surface area contributed by atoms with Gasteiger partial charge in [-0.25, -0.2) is 13.4 Å². The Hall–Kier alpha value is -3.80. The highest BCUT2D eigenvalue weighted by Gasteiger charge is 2.22. The van der Waals surface area contributed by atoms with Crippen LogP contribution in [0.4, 0.5) is 28.8 Å². The van der Waals surface area contributed by atoms with E-state index in [4.69, 9.17) is 11.6 Å². The molecule has 0 atom stereocenters. The minimum Gasteiger partial charge on any atom is -0.338 e. The Balaban J connectivity index is 1.54. The van der Waals surface area contributed by atoms with Crippen LogP contribution in [-0.2, 0) is 23.0 Å². The topological polar surface area (TPSA) is 116 Å². The average Bonchev–Trinajstić information content (AvgIpc) is 2.88. The van der Waals surface area contributed by atoms with Crippen LogP contribution in [0, 0.1) is 0 Å². The lowest BCUT2D eigenvalue weighted by Crippen LogP contribution is -2.26. The Morgan fingerprint density at radius 2 is 1.89 bits per heavy atom. The summed E-state index contributed by atoms with van der Waals surface area (Å²) in [5, 5.41) is 7.08. The van der Waals surface area contributed by atoms with Gasteiger partial charge < -0.3 is 15.5 Å². The monoisotopic (exact) mass is 550 g/mol. The number of anilines is 5. The quantitative estimate of drug-likeness (QED) is 0.341. The summed E-state index contributed by atoms with van der Waals surface area (Å²) in [5.41, 5.74) is 5.60. The van der Waals surface area contributed by atoms with E-state index in [1.54, 1.807) is 30.6 Å². The first kappa shape index (κ1) is 25.8. The van der Waals surface area contributed by atoms with E-state index in [9.17, 15) is 8.42 Å². The molecule has 196 valence electrons. The summed E-state index contributed by atoms with van der Waals surface area (Å²) >= 11 is 6.59. The molecule has 0 radical (unpaired) electrons. The molecule has 1 aliphatic rings. The van der Waals surface area contributed by atoms with Crippen molar-refractivity contribution in [3.63, 3.8) is 0 Å². The summed E-state index contributed by atoms with van der Waals surface area (Å²) in [4.78, 5) is 20.1. The highest BCUT2D eigenvalue weighted by Crippen LogP contribution is 2.36. The molecule has 0 saturated heterocycles. The van der Waals surface area contributed by atoms with Crippen LogP contribution in [0.1, 0.15) is 16.7 Å². The zero-order valence-corrected chi connectivity index (χ0v) is 22.8. The third-order valence-electron chi connectivity index (χ3n) is 6.46. The predicted molar refractivity (Wildman–Crippen MR) is 153 cm³/mol. The lowest BCUT2D eigenvalue weighted by molar-refractivity contribution is 0.313. The number of benzene rings is 2. The van der Waals surface area contributed by atoms with Gasteiger partial charge in [0, 0.05) is 44.3 Å². The van der Waals surface area contributed by atoms with E-state index in [2.05, 4.69) is 49.1 Å². The number of likely N-dealkylation sites (N-methyl/N-ethyl adjacent to an activating group) is 1. The fraction of sp³-hybridized carbons (Fsp3) is 0.231. The van der Waals surface area contributed by atoms with Gasteiger partial charge in [0.1, 0.15) is 17.0 Å². The smallest absolute Gasteiger partial charge is 0.232 e. The van der Waals surface area contributed by atoms with Gasteiger partial charge in [-0.05, 0) is 48.9 Å². The summed E-state index contributed by atoms with van der Waals surface area (Å²) in [5.74, 6) is 0.750. The Morgan fingerprint density at radius 3 is 2.66 bits per heavy atom. The highest BCUT2D eigenvalue weighted by molar-refractivity contribution is 7.92. The molecular formula is C26H27ClN8O2S. The van der Waals surface area contributed by atoms with Crippen LogP contribution in [0.5, 0.6) is 0 Å². The molecule has 5 rings (SSSR count). The summed E-state index contributed by atoms with van der Waals surface area (Å²) in [6.45, 7) is 5.70. The molecule has 1 aliphatic heterocycles. The molecule has 0 bridgehead atoms. The molecule has 0 unspecified atom stereocenters. The van der Waals surface area contributed by atoms with Gasteiger partial charge in [-0.15, -0.1) is 0 Å². The van der Waals surface area contributed by atoms with Crippen molar-refractivity contribution in [2.45, 2.75) is 13.0 Å². The van der Waals surface area contributed by atoms with Gasteiger partial charge in [-0.3, -0.25) is 14.3 Å². The average molecular weight is 551 g/mol. The molecule has 0 amide bonds. The van der Waals surface area contributed by atoms with E-state index in [1.807, 2.05) is 12.1 Å². The second-order valence-electron chi connectivity index (χ2n) is 9.16. The molecule has 2 N–H and O–H groups in total. The molecule has 10 nitrogen and oxygen atoms in total. The first-order valence-corrected chi connectivity index (χ1v) is 14.1. The molecule has 3 heterocycles. The number of hydrogen-bond acceptors (Lipinski definition) is 9. The molecule has 38 heavy (non-hydrogen) atoms. The second kappa shape index (κ2) is 10.2. The molecular weight excluding hydrogens is 524 g/mol. The van der Waals surface area contributed by atoms with Crippen LogP contribution in [0.2, 0.25) is 5.02 Å². The van der Waals surface area contributed by atoms with Gasteiger partial charge >= 0.3 is 0 Å². The van der Waals surface area contributed by atoms with Crippen molar-refractivity contribution >= 4 is 67.6 Å². The van der Waals surface area contributed by atoms with Crippen LogP contribution < -0.4 is 14.9 Å². The number of rotatable bonds is 7. The van der Waals surface area contributed by atoms with Gasteiger partial charge in [-0.2, -0.15) is 4.98 Å². The number of aromatic nitrogens is 4. The van der Waals surface area contributed by atoms with Gasteiger partial charge in [0.25, 0.3) is 0 Å². The van der Waals surface area contributed by atoms with Crippen LogP contribution in [-0.4, -0.2) is 60.1 Å². The number of halogens is 1. The summed E-state index contributed by atoms with van der Waals surface area (Å²) in [6.07, 6.45) is 8.41. The summed E-state index contributed by atoms with van der Waals surface area (Å²) < 4.78 is 26.2. The van der Waals surface area contributed by atoms with Gasteiger partial charge in [0.15, 0.2) is 0 Å². The van der Waals surface area contributed by atoms with Gasteiger partial charge in [0.2, 0.25) is 16.0 Å². The molecule has 0 fully saturated rings. The standard InChI is InChI=1S/C26H27ClN8O2S/c1-5-16-14-30-26(32-22-13-18-15-34(2)11-8-17(18)12-19(22)27)33-25(16)31-21-7-6-20-23(29-10-9-28-20)24(21)35(3)38(4,36)37/h5-7,9-10,12-14H,1,8,11,15H2,2-4H3,(H2,30,31,32,33). The maximum atomic E-state index is 12.5. The molecule has 2 aromatic carbocycles. The van der Waals surface area contributed by atoms with E-state index in [0.717, 1.165) is 25.8 Å². The third-order valence-corrected chi connectivity index (χ3v) is 7.95. The first-order valence-electron chi connectivity index (χ1n) is 11.8. The number of hydrogen-bond donors (Lipinski definition) is 2. The molecule has 2 aromatic heterocycles. The lowest BCUT2D eigenvalue weighted by Gasteiger charge is -2.26. The largest absolute Gasteiger partial charge is 0.338 e. The predicted octanol–water partition coefficient (Wildman–Crippen LogP) is 4.59. The number of nitrogens with zero attached hydrogens (tertiary/aromatic N) is 6. The van der Waals surface area contributed by atoms with Crippen LogP contribution >= 0.6 is 11.6 Å². The molecule has 12 heteroatoms. The first-order chi connectivity index (χ1) is 18.1. The maximum absolute atomic E-state index is 12.5. The zero-order chi connectivity index (χ0) is 27.0. The van der Waals surface area contributed by atoms with Crippen LogP contribution in [0.25, 0.3) is 17.1 Å². The summed E-state index contributed by atoms with van der Waals surface area (Å²) in [7, 11) is -0.0370. The van der Waals surface area contributed by atoms with Crippen molar-refractivity contribution in [3.05, 3.63) is 71.1 Å². The van der Waals surface area contributed by atoms with Crippen molar-refractivity contribution in [1.29, 1.82) is 0 Å². The number of nitrogens with one attached hydrogen (secondary N) is 2. The van der Waals surface area contributed by atoms with E-state index in [1.165, 1.54) is 28.7 Å². The lowest BCUT2D eigenvalue weighted by atomic mass is 9.99. The van der Waals surface area contributed by atoms with E-state index in [0.29, 0.717) is 50.4 Å². The van der Waals surface area contributed by atoms with Crippen molar-refractivity contribution in [2.24, 2.45) is 0 Å². The maximum Gasteiger partial charge on any atom is 0.232 e. The Morgan fingerprint density at radius 1 is 1.11 bits per heavy atom. The minimum atomic E-state index is -3.60. The van der Waals surface area contributed by atoms with Crippen LogP contribution in [0.15, 0.2) is 49.4 Å². The van der Waals surface area contributed by atoms with E-state index < -0.39 is 10.0 Å². The summed E-state index contributed by atoms with van der Waals surface area (Å²) in [6, 6.07) is 7.54. The van der Waals surface area contributed by atoms with Crippen LogP contribution in [0.3, 0.4) is 0 Å². The van der Waals surface area contributed by atoms with Gasteiger partial charge in [0.05, 0.1) is 28.2 Å². The Kier molecular flexibility index (Phi) is 6.91. The minimum absolute atomic E-state index is 0.322. The van der Waals surface area contributed by atoms with Crippen molar-refractivity contribution in [1.82, 2.24) is 24.8 Å².